The third-order valence-electron chi connectivity index (χ3n) is 2.63. The number of benzene rings is 1. The zero-order chi connectivity index (χ0) is 11.5. The van der Waals surface area contributed by atoms with Gasteiger partial charge in [0.15, 0.2) is 0 Å². The average molecular weight is 215 g/mol. The van der Waals surface area contributed by atoms with Crippen LogP contribution in [0.1, 0.15) is 24.1 Å². The van der Waals surface area contributed by atoms with Crippen LogP contribution in [0.4, 0.5) is 5.69 Å². The van der Waals surface area contributed by atoms with E-state index in [1.807, 2.05) is 19.4 Å². The van der Waals surface area contributed by atoms with Gasteiger partial charge in [-0.25, -0.2) is 0 Å². The van der Waals surface area contributed by atoms with E-state index in [0.717, 1.165) is 5.69 Å². The Hall–Kier alpha value is -1.77. The molecule has 16 heavy (non-hydrogen) atoms. The minimum Gasteiger partial charge on any atom is -0.376 e. The molecule has 1 aromatic heterocycles. The first-order valence-corrected chi connectivity index (χ1v) is 5.47. The lowest BCUT2D eigenvalue weighted by molar-refractivity contribution is 0.767. The normalized spacial score (nSPS) is 12.4. The van der Waals surface area contributed by atoms with E-state index in [1.165, 1.54) is 11.1 Å². The van der Waals surface area contributed by atoms with E-state index in [9.17, 15) is 0 Å². The van der Waals surface area contributed by atoms with Crippen molar-refractivity contribution in [3.63, 3.8) is 0 Å². The molecule has 2 rings (SSSR count). The Morgan fingerprint density at radius 2 is 2.19 bits per heavy atom. The van der Waals surface area contributed by atoms with Gasteiger partial charge in [0.2, 0.25) is 0 Å². The first-order valence-electron chi connectivity index (χ1n) is 5.47. The molecule has 1 unspecified atom stereocenters. The molecule has 0 bridgehead atoms. The van der Waals surface area contributed by atoms with E-state index in [0.29, 0.717) is 6.04 Å². The van der Waals surface area contributed by atoms with Gasteiger partial charge < -0.3 is 5.32 Å². The third kappa shape index (κ3) is 2.42. The Morgan fingerprint density at radius 3 is 2.81 bits per heavy atom. The second-order valence-corrected chi connectivity index (χ2v) is 4.18. The minimum atomic E-state index is 0.295. The van der Waals surface area contributed by atoms with Crippen molar-refractivity contribution < 1.29 is 0 Å². The van der Waals surface area contributed by atoms with Crippen LogP contribution >= 0.6 is 0 Å². The number of nitrogens with one attached hydrogen (secondary N) is 1. The zero-order valence-electron chi connectivity index (χ0n) is 9.94. The predicted octanol–water partition coefficient (Wildman–Crippen LogP) is 2.90. The fourth-order valence-corrected chi connectivity index (χ4v) is 1.77. The van der Waals surface area contributed by atoms with E-state index in [1.54, 1.807) is 4.68 Å². The maximum Gasteiger partial charge on any atom is 0.0731 e. The standard InChI is InChI=1S/C13H17N3/c1-10-5-4-6-12(7-10)11(2)15-13-8-14-16(3)9-13/h4-9,11,15H,1-3H3. The number of anilines is 1. The van der Waals surface area contributed by atoms with Crippen LogP contribution in [0.15, 0.2) is 36.7 Å². The first-order chi connectivity index (χ1) is 7.65. The molecule has 0 aliphatic heterocycles. The Labute approximate surface area is 96.1 Å². The largest absolute Gasteiger partial charge is 0.376 e. The smallest absolute Gasteiger partial charge is 0.0731 e. The minimum absolute atomic E-state index is 0.295. The summed E-state index contributed by atoms with van der Waals surface area (Å²) in [6, 6.07) is 8.84. The number of rotatable bonds is 3. The Morgan fingerprint density at radius 1 is 1.38 bits per heavy atom. The van der Waals surface area contributed by atoms with Crippen molar-refractivity contribution in [1.29, 1.82) is 0 Å². The van der Waals surface area contributed by atoms with Gasteiger partial charge in [-0.2, -0.15) is 5.10 Å². The van der Waals surface area contributed by atoms with Crippen molar-refractivity contribution in [1.82, 2.24) is 9.78 Å². The zero-order valence-corrected chi connectivity index (χ0v) is 9.94. The lowest BCUT2D eigenvalue weighted by atomic mass is 10.1. The molecule has 1 atom stereocenters. The molecular formula is C13H17N3. The number of aromatic nitrogens is 2. The fourth-order valence-electron chi connectivity index (χ4n) is 1.77. The second kappa shape index (κ2) is 4.39. The summed E-state index contributed by atoms with van der Waals surface area (Å²) in [4.78, 5) is 0. The topological polar surface area (TPSA) is 29.9 Å². The molecule has 3 heteroatoms. The summed E-state index contributed by atoms with van der Waals surface area (Å²) < 4.78 is 1.80. The van der Waals surface area contributed by atoms with E-state index >= 15 is 0 Å². The number of aryl methyl sites for hydroxylation is 2. The lowest BCUT2D eigenvalue weighted by Crippen LogP contribution is -2.05. The molecule has 1 aromatic carbocycles. The number of hydrogen-bond donors (Lipinski definition) is 1. The van der Waals surface area contributed by atoms with E-state index in [-0.39, 0.29) is 0 Å². The van der Waals surface area contributed by atoms with Crippen LogP contribution in [0.25, 0.3) is 0 Å². The quantitative estimate of drug-likeness (QED) is 0.853. The summed E-state index contributed by atoms with van der Waals surface area (Å²) in [6.07, 6.45) is 3.82. The summed E-state index contributed by atoms with van der Waals surface area (Å²) in [5.74, 6) is 0. The molecule has 0 radical (unpaired) electrons. The van der Waals surface area contributed by atoms with Crippen LogP contribution in [-0.4, -0.2) is 9.78 Å². The molecule has 0 spiro atoms. The third-order valence-corrected chi connectivity index (χ3v) is 2.63. The summed E-state index contributed by atoms with van der Waals surface area (Å²) >= 11 is 0. The predicted molar refractivity (Wildman–Crippen MR) is 66.4 cm³/mol. The molecule has 3 nitrogen and oxygen atoms in total. The van der Waals surface area contributed by atoms with Gasteiger partial charge in [0.05, 0.1) is 11.9 Å². The maximum absolute atomic E-state index is 4.14. The van der Waals surface area contributed by atoms with E-state index in [2.05, 4.69) is 48.5 Å². The van der Waals surface area contributed by atoms with E-state index < -0.39 is 0 Å². The Bertz CT molecular complexity index is 474. The van der Waals surface area contributed by atoms with Crippen LogP contribution in [0.2, 0.25) is 0 Å². The van der Waals surface area contributed by atoms with E-state index in [4.69, 9.17) is 0 Å². The van der Waals surface area contributed by atoms with Crippen molar-refractivity contribution in [2.75, 3.05) is 5.32 Å². The Balaban J connectivity index is 2.11. The number of hydrogen-bond acceptors (Lipinski definition) is 2. The maximum atomic E-state index is 4.14. The summed E-state index contributed by atoms with van der Waals surface area (Å²) in [5, 5.41) is 7.56. The number of nitrogens with zero attached hydrogens (tertiary/aromatic N) is 2. The molecule has 0 saturated carbocycles. The highest BCUT2D eigenvalue weighted by atomic mass is 15.3. The molecule has 1 heterocycles. The monoisotopic (exact) mass is 215 g/mol. The van der Waals surface area contributed by atoms with Crippen LogP contribution in [0.3, 0.4) is 0 Å². The molecule has 2 aromatic rings. The molecule has 0 fully saturated rings. The van der Waals surface area contributed by atoms with Crippen LogP contribution in [0, 0.1) is 6.92 Å². The molecule has 0 saturated heterocycles. The van der Waals surface area contributed by atoms with Gasteiger partial charge in [-0.1, -0.05) is 29.8 Å². The van der Waals surface area contributed by atoms with Crippen LogP contribution in [0.5, 0.6) is 0 Å². The van der Waals surface area contributed by atoms with Crippen LogP contribution < -0.4 is 5.32 Å². The average Bonchev–Trinajstić information content (AvgIpc) is 2.64. The lowest BCUT2D eigenvalue weighted by Gasteiger charge is -2.14. The summed E-state index contributed by atoms with van der Waals surface area (Å²) in [7, 11) is 1.92. The molecule has 0 aliphatic carbocycles. The van der Waals surface area contributed by atoms with Gasteiger partial charge in [-0.15, -0.1) is 0 Å². The van der Waals surface area contributed by atoms with Gasteiger partial charge in [0.25, 0.3) is 0 Å². The highest BCUT2D eigenvalue weighted by Crippen LogP contribution is 2.19. The van der Waals surface area contributed by atoms with Crippen molar-refractivity contribution in [2.24, 2.45) is 7.05 Å². The molecule has 0 aliphatic rings. The molecule has 84 valence electrons. The SMILES string of the molecule is Cc1cccc(C(C)Nc2cnn(C)c2)c1. The van der Waals surface area contributed by atoms with Gasteiger partial charge in [-0.3, -0.25) is 4.68 Å². The van der Waals surface area contributed by atoms with Crippen LogP contribution in [-0.2, 0) is 7.05 Å². The fraction of sp³-hybridized carbons (Fsp3) is 0.308. The highest BCUT2D eigenvalue weighted by Gasteiger charge is 2.05. The van der Waals surface area contributed by atoms with Gasteiger partial charge >= 0.3 is 0 Å². The van der Waals surface area contributed by atoms with Gasteiger partial charge in [0, 0.05) is 19.3 Å². The second-order valence-electron chi connectivity index (χ2n) is 4.18. The van der Waals surface area contributed by atoms with Crippen molar-refractivity contribution >= 4 is 5.69 Å². The van der Waals surface area contributed by atoms with Crippen molar-refractivity contribution in [3.8, 4) is 0 Å². The summed E-state index contributed by atoms with van der Waals surface area (Å²) in [5.41, 5.74) is 3.64. The highest BCUT2D eigenvalue weighted by molar-refractivity contribution is 5.41. The van der Waals surface area contributed by atoms with Gasteiger partial charge in [-0.05, 0) is 19.4 Å². The van der Waals surface area contributed by atoms with Crippen molar-refractivity contribution in [3.05, 3.63) is 47.8 Å². The molecular weight excluding hydrogens is 198 g/mol. The van der Waals surface area contributed by atoms with Crippen molar-refractivity contribution in [2.45, 2.75) is 19.9 Å². The Kier molecular flexibility index (Phi) is 2.95. The van der Waals surface area contributed by atoms with Gasteiger partial charge in [0.1, 0.15) is 0 Å². The summed E-state index contributed by atoms with van der Waals surface area (Å²) in [6.45, 7) is 4.27. The first kappa shape index (κ1) is 10.7. The molecule has 1 N–H and O–H groups in total. The molecule has 0 amide bonds.